The van der Waals surface area contributed by atoms with Gasteiger partial charge in [-0.1, -0.05) is 36.4 Å². The molecular formula is C20H16N2O2. The molecule has 2 aromatic carbocycles. The Morgan fingerprint density at radius 1 is 1.00 bits per heavy atom. The summed E-state index contributed by atoms with van der Waals surface area (Å²) in [6.07, 6.45) is 0. The number of methoxy groups -OCH3 is 1. The van der Waals surface area contributed by atoms with Crippen LogP contribution in [0.3, 0.4) is 0 Å². The average molecular weight is 316 g/mol. The van der Waals surface area contributed by atoms with Crippen molar-refractivity contribution in [3.63, 3.8) is 0 Å². The normalized spacial score (nSPS) is 11.2. The van der Waals surface area contributed by atoms with Crippen molar-refractivity contribution in [2.24, 2.45) is 0 Å². The molecule has 0 atom stereocenters. The minimum atomic E-state index is -0.110. The number of H-pyrrole nitrogens is 1. The van der Waals surface area contributed by atoms with E-state index in [2.05, 4.69) is 11.1 Å². The molecule has 0 aliphatic heterocycles. The first-order valence-electron chi connectivity index (χ1n) is 7.76. The minimum absolute atomic E-state index is 0.110. The summed E-state index contributed by atoms with van der Waals surface area (Å²) in [4.78, 5) is 20.1. The zero-order valence-corrected chi connectivity index (χ0v) is 13.2. The third-order valence-corrected chi connectivity index (χ3v) is 4.11. The van der Waals surface area contributed by atoms with Crippen molar-refractivity contribution in [1.29, 1.82) is 0 Å². The lowest BCUT2D eigenvalue weighted by molar-refractivity contribution is 0.185. The molecule has 4 aromatic rings. The van der Waals surface area contributed by atoms with Gasteiger partial charge in [0.25, 0.3) is 5.56 Å². The number of nitrogens with zero attached hydrogens (tertiary/aromatic N) is 1. The van der Waals surface area contributed by atoms with Crippen molar-refractivity contribution >= 4 is 21.7 Å². The highest BCUT2D eigenvalue weighted by Gasteiger charge is 2.12. The van der Waals surface area contributed by atoms with Crippen LogP contribution in [-0.2, 0) is 11.3 Å². The van der Waals surface area contributed by atoms with E-state index in [1.165, 1.54) is 0 Å². The van der Waals surface area contributed by atoms with E-state index in [4.69, 9.17) is 9.72 Å². The van der Waals surface area contributed by atoms with Gasteiger partial charge in [0.15, 0.2) is 0 Å². The summed E-state index contributed by atoms with van der Waals surface area (Å²) >= 11 is 0. The van der Waals surface area contributed by atoms with Crippen molar-refractivity contribution in [2.75, 3.05) is 7.11 Å². The predicted molar refractivity (Wildman–Crippen MR) is 96.0 cm³/mol. The van der Waals surface area contributed by atoms with Crippen molar-refractivity contribution in [3.8, 4) is 11.4 Å². The first-order chi connectivity index (χ1) is 11.8. The third kappa shape index (κ3) is 2.47. The number of benzene rings is 2. The number of ether oxygens (including phenoxy) is 1. The van der Waals surface area contributed by atoms with Crippen LogP contribution in [0, 0.1) is 0 Å². The molecule has 0 unspecified atom stereocenters. The molecule has 0 amide bonds. The fraction of sp³-hybridized carbons (Fsp3) is 0.100. The molecule has 0 radical (unpaired) electrons. The molecule has 1 N–H and O–H groups in total. The van der Waals surface area contributed by atoms with Crippen molar-refractivity contribution in [2.45, 2.75) is 6.61 Å². The fourth-order valence-corrected chi connectivity index (χ4v) is 3.00. The Morgan fingerprint density at radius 3 is 2.58 bits per heavy atom. The molecule has 0 bridgehead atoms. The molecule has 0 aliphatic carbocycles. The lowest BCUT2D eigenvalue weighted by Crippen LogP contribution is -2.08. The number of fused-ring (bicyclic) bond motifs is 2. The van der Waals surface area contributed by atoms with Crippen molar-refractivity contribution < 1.29 is 4.74 Å². The number of para-hydroxylation sites is 1. The van der Waals surface area contributed by atoms with Crippen LogP contribution in [0.5, 0.6) is 0 Å². The molecule has 2 aromatic heterocycles. The van der Waals surface area contributed by atoms with Gasteiger partial charge in [-0.15, -0.1) is 0 Å². The van der Waals surface area contributed by atoms with Crippen LogP contribution >= 0.6 is 0 Å². The van der Waals surface area contributed by atoms with Gasteiger partial charge < -0.3 is 9.72 Å². The second-order valence-electron chi connectivity index (χ2n) is 5.72. The van der Waals surface area contributed by atoms with E-state index in [0.717, 1.165) is 27.5 Å². The van der Waals surface area contributed by atoms with E-state index in [1.807, 2.05) is 54.6 Å². The molecule has 2 heterocycles. The molecular weight excluding hydrogens is 300 g/mol. The molecule has 0 spiro atoms. The van der Waals surface area contributed by atoms with Gasteiger partial charge in [-0.3, -0.25) is 4.79 Å². The molecule has 4 nitrogen and oxygen atoms in total. The number of nitrogens with one attached hydrogen (secondary N) is 1. The number of hydrogen-bond donors (Lipinski definition) is 1. The van der Waals surface area contributed by atoms with Crippen molar-refractivity contribution in [3.05, 3.63) is 76.6 Å². The van der Waals surface area contributed by atoms with Gasteiger partial charge in [0, 0.05) is 23.4 Å². The fourth-order valence-electron chi connectivity index (χ4n) is 3.00. The maximum atomic E-state index is 12.4. The quantitative estimate of drug-likeness (QED) is 0.624. The lowest BCUT2D eigenvalue weighted by atomic mass is 10.1. The zero-order valence-electron chi connectivity index (χ0n) is 13.2. The Bertz CT molecular complexity index is 1100. The predicted octanol–water partition coefficient (Wildman–Crippen LogP) is 3.89. The van der Waals surface area contributed by atoms with E-state index in [0.29, 0.717) is 17.7 Å². The SMILES string of the molecule is COCc1cc2ccccc2nc1-c1cc2ccccc2c(=O)[nH]1. The summed E-state index contributed by atoms with van der Waals surface area (Å²) in [5, 5.41) is 2.63. The van der Waals surface area contributed by atoms with Crippen LogP contribution in [0.15, 0.2) is 65.5 Å². The number of aromatic nitrogens is 2. The Labute approximate surface area is 138 Å². The highest BCUT2D eigenvalue weighted by Crippen LogP contribution is 2.26. The van der Waals surface area contributed by atoms with E-state index >= 15 is 0 Å². The Hall–Kier alpha value is -2.98. The van der Waals surface area contributed by atoms with E-state index < -0.39 is 0 Å². The van der Waals surface area contributed by atoms with E-state index in [9.17, 15) is 4.79 Å². The molecule has 0 saturated heterocycles. The summed E-state index contributed by atoms with van der Waals surface area (Å²) in [6, 6.07) is 19.5. The standard InChI is InChI=1S/C20H16N2O2/c1-24-12-15-10-14-7-3-5-9-17(14)21-19(15)18-11-13-6-2-4-8-16(13)20(23)22-18/h2-11H,12H2,1H3,(H,22,23). The van der Waals surface area contributed by atoms with Gasteiger partial charge in [-0.25, -0.2) is 4.98 Å². The topological polar surface area (TPSA) is 55.0 Å². The molecule has 0 aliphatic rings. The molecule has 4 rings (SSSR count). The highest BCUT2D eigenvalue weighted by molar-refractivity contribution is 5.87. The van der Waals surface area contributed by atoms with Crippen LogP contribution in [-0.4, -0.2) is 17.1 Å². The molecule has 24 heavy (non-hydrogen) atoms. The van der Waals surface area contributed by atoms with Gasteiger partial charge in [0.2, 0.25) is 0 Å². The zero-order chi connectivity index (χ0) is 16.5. The summed E-state index contributed by atoms with van der Waals surface area (Å²) in [6.45, 7) is 0.433. The van der Waals surface area contributed by atoms with Crippen LogP contribution in [0.2, 0.25) is 0 Å². The van der Waals surface area contributed by atoms with Crippen LogP contribution in [0.4, 0.5) is 0 Å². The van der Waals surface area contributed by atoms with Crippen molar-refractivity contribution in [1.82, 2.24) is 9.97 Å². The van der Waals surface area contributed by atoms with Gasteiger partial charge in [0.05, 0.1) is 23.5 Å². The monoisotopic (exact) mass is 316 g/mol. The number of aromatic amines is 1. The number of pyridine rings is 2. The summed E-state index contributed by atoms with van der Waals surface area (Å²) in [5.41, 5.74) is 3.18. The highest BCUT2D eigenvalue weighted by atomic mass is 16.5. The van der Waals surface area contributed by atoms with E-state index in [-0.39, 0.29) is 5.56 Å². The Balaban J connectivity index is 2.01. The van der Waals surface area contributed by atoms with Gasteiger partial charge in [0.1, 0.15) is 0 Å². The Kier molecular flexibility index (Phi) is 3.59. The largest absolute Gasteiger partial charge is 0.380 e. The third-order valence-electron chi connectivity index (χ3n) is 4.11. The first-order valence-corrected chi connectivity index (χ1v) is 7.76. The maximum Gasteiger partial charge on any atom is 0.256 e. The second-order valence-corrected chi connectivity index (χ2v) is 5.72. The summed E-state index contributed by atoms with van der Waals surface area (Å²) < 4.78 is 5.32. The molecule has 118 valence electrons. The van der Waals surface area contributed by atoms with E-state index in [1.54, 1.807) is 7.11 Å². The number of hydrogen-bond acceptors (Lipinski definition) is 3. The minimum Gasteiger partial charge on any atom is -0.380 e. The van der Waals surface area contributed by atoms with Gasteiger partial charge in [-0.2, -0.15) is 0 Å². The summed E-state index contributed by atoms with van der Waals surface area (Å²) in [5.74, 6) is 0. The lowest BCUT2D eigenvalue weighted by Gasteiger charge is -2.11. The molecule has 0 saturated carbocycles. The average Bonchev–Trinajstić information content (AvgIpc) is 2.61. The van der Waals surface area contributed by atoms with Crippen LogP contribution in [0.1, 0.15) is 5.56 Å². The Morgan fingerprint density at radius 2 is 1.75 bits per heavy atom. The second kappa shape index (κ2) is 5.91. The maximum absolute atomic E-state index is 12.4. The number of rotatable bonds is 3. The van der Waals surface area contributed by atoms with Gasteiger partial charge >= 0.3 is 0 Å². The first kappa shape index (κ1) is 14.6. The van der Waals surface area contributed by atoms with Gasteiger partial charge in [-0.05, 0) is 29.7 Å². The molecule has 4 heteroatoms. The summed E-state index contributed by atoms with van der Waals surface area (Å²) in [7, 11) is 1.65. The molecule has 0 fully saturated rings. The van der Waals surface area contributed by atoms with Crippen LogP contribution < -0.4 is 5.56 Å². The van der Waals surface area contributed by atoms with Crippen LogP contribution in [0.25, 0.3) is 33.1 Å². The smallest absolute Gasteiger partial charge is 0.256 e.